The highest BCUT2D eigenvalue weighted by molar-refractivity contribution is 5.60. The minimum Gasteiger partial charge on any atom is -0.339 e. The van der Waals surface area contributed by atoms with Gasteiger partial charge in [-0.15, -0.1) is 5.10 Å². The van der Waals surface area contributed by atoms with Gasteiger partial charge in [0.05, 0.1) is 6.20 Å². The summed E-state index contributed by atoms with van der Waals surface area (Å²) in [7, 11) is 0. The molecule has 23 heavy (non-hydrogen) atoms. The van der Waals surface area contributed by atoms with E-state index in [0.717, 1.165) is 49.9 Å². The molecule has 0 unspecified atom stereocenters. The molecule has 0 saturated carbocycles. The van der Waals surface area contributed by atoms with Gasteiger partial charge in [0, 0.05) is 25.3 Å². The lowest BCUT2D eigenvalue weighted by molar-refractivity contribution is 0.708. The minimum absolute atomic E-state index is 0.720. The molecule has 2 rings (SSSR count). The first-order chi connectivity index (χ1) is 11.2. The summed E-state index contributed by atoms with van der Waals surface area (Å²) in [6.45, 7) is 11.3. The van der Waals surface area contributed by atoms with Crippen LogP contribution in [0.25, 0.3) is 0 Å². The first-order valence-corrected chi connectivity index (χ1v) is 8.48. The number of aromatic nitrogens is 3. The molecule has 0 spiro atoms. The van der Waals surface area contributed by atoms with Crippen molar-refractivity contribution >= 4 is 17.5 Å². The van der Waals surface area contributed by atoms with Crippen molar-refractivity contribution in [3.05, 3.63) is 36.0 Å². The van der Waals surface area contributed by atoms with Crippen LogP contribution in [0.2, 0.25) is 0 Å². The SMILES string of the molecule is CCCN(CCC)c1nncc(N(CC)c2cccc(C)c2)n1. The van der Waals surface area contributed by atoms with Gasteiger partial charge in [-0.05, 0) is 44.4 Å². The quantitative estimate of drug-likeness (QED) is 0.738. The number of nitrogens with zero attached hydrogens (tertiary/aromatic N) is 5. The molecule has 0 fully saturated rings. The van der Waals surface area contributed by atoms with Gasteiger partial charge in [0.2, 0.25) is 5.95 Å². The fourth-order valence-electron chi connectivity index (χ4n) is 2.67. The maximum Gasteiger partial charge on any atom is 0.247 e. The van der Waals surface area contributed by atoms with E-state index >= 15 is 0 Å². The third-order valence-corrected chi connectivity index (χ3v) is 3.71. The van der Waals surface area contributed by atoms with Gasteiger partial charge in [-0.2, -0.15) is 10.1 Å². The minimum atomic E-state index is 0.720. The van der Waals surface area contributed by atoms with Crippen LogP contribution in [0.1, 0.15) is 39.2 Å². The van der Waals surface area contributed by atoms with Crippen LogP contribution in [0.4, 0.5) is 17.5 Å². The molecule has 1 aromatic heterocycles. The van der Waals surface area contributed by atoms with Crippen LogP contribution in [0, 0.1) is 6.92 Å². The van der Waals surface area contributed by atoms with Crippen LogP contribution in [-0.2, 0) is 0 Å². The van der Waals surface area contributed by atoms with Crippen LogP contribution in [0.15, 0.2) is 30.5 Å². The summed E-state index contributed by atoms with van der Waals surface area (Å²) in [5, 5.41) is 8.43. The Bertz CT molecular complexity index is 608. The van der Waals surface area contributed by atoms with E-state index in [2.05, 4.69) is 72.0 Å². The van der Waals surface area contributed by atoms with E-state index in [1.165, 1.54) is 5.56 Å². The second kappa shape index (κ2) is 8.46. The summed E-state index contributed by atoms with van der Waals surface area (Å²) >= 11 is 0. The van der Waals surface area contributed by atoms with Gasteiger partial charge in [-0.25, -0.2) is 0 Å². The molecule has 124 valence electrons. The Morgan fingerprint density at radius 1 is 1.04 bits per heavy atom. The molecule has 0 radical (unpaired) electrons. The zero-order chi connectivity index (χ0) is 16.7. The Kier molecular flexibility index (Phi) is 6.32. The average Bonchev–Trinajstić information content (AvgIpc) is 2.56. The lowest BCUT2D eigenvalue weighted by atomic mass is 10.2. The first-order valence-electron chi connectivity index (χ1n) is 8.48. The molecule has 0 aliphatic rings. The molecule has 0 amide bonds. The van der Waals surface area contributed by atoms with E-state index < -0.39 is 0 Å². The second-order valence-corrected chi connectivity index (χ2v) is 5.68. The smallest absolute Gasteiger partial charge is 0.247 e. The Hall–Kier alpha value is -2.17. The van der Waals surface area contributed by atoms with E-state index in [-0.39, 0.29) is 0 Å². The highest BCUT2D eigenvalue weighted by Crippen LogP contribution is 2.24. The van der Waals surface area contributed by atoms with E-state index in [1.807, 2.05) is 0 Å². The molecule has 2 aromatic rings. The second-order valence-electron chi connectivity index (χ2n) is 5.68. The van der Waals surface area contributed by atoms with Crippen molar-refractivity contribution in [3.63, 3.8) is 0 Å². The third kappa shape index (κ3) is 4.41. The van der Waals surface area contributed by atoms with Crippen LogP contribution < -0.4 is 9.80 Å². The highest BCUT2D eigenvalue weighted by atomic mass is 15.3. The number of benzene rings is 1. The first kappa shape index (κ1) is 17.2. The highest BCUT2D eigenvalue weighted by Gasteiger charge is 2.14. The average molecular weight is 313 g/mol. The van der Waals surface area contributed by atoms with Crippen molar-refractivity contribution in [3.8, 4) is 0 Å². The Balaban J connectivity index is 2.32. The molecule has 1 heterocycles. The van der Waals surface area contributed by atoms with E-state index in [9.17, 15) is 0 Å². The Morgan fingerprint density at radius 3 is 2.39 bits per heavy atom. The molecule has 0 atom stereocenters. The van der Waals surface area contributed by atoms with Gasteiger partial charge in [0.25, 0.3) is 0 Å². The summed E-state index contributed by atoms with van der Waals surface area (Å²) in [6, 6.07) is 8.45. The largest absolute Gasteiger partial charge is 0.339 e. The van der Waals surface area contributed by atoms with Crippen LogP contribution >= 0.6 is 0 Å². The Labute approximate surface area is 139 Å². The number of hydrogen-bond acceptors (Lipinski definition) is 5. The number of hydrogen-bond donors (Lipinski definition) is 0. The maximum atomic E-state index is 4.77. The van der Waals surface area contributed by atoms with Gasteiger partial charge >= 0.3 is 0 Å². The van der Waals surface area contributed by atoms with E-state index in [1.54, 1.807) is 6.20 Å². The van der Waals surface area contributed by atoms with Crippen molar-refractivity contribution in [1.82, 2.24) is 15.2 Å². The number of anilines is 3. The predicted molar refractivity (Wildman–Crippen MR) is 96.5 cm³/mol. The van der Waals surface area contributed by atoms with Crippen LogP contribution in [0.5, 0.6) is 0 Å². The summed E-state index contributed by atoms with van der Waals surface area (Å²) in [5.41, 5.74) is 2.37. The maximum absolute atomic E-state index is 4.77. The summed E-state index contributed by atoms with van der Waals surface area (Å²) in [4.78, 5) is 9.14. The standard InChI is InChI=1S/C18H27N5/c1-5-11-22(12-6-2)18-20-17(14-19-21-18)23(7-3)16-10-8-9-15(4)13-16/h8-10,13-14H,5-7,11-12H2,1-4H3. The Morgan fingerprint density at radius 2 is 1.78 bits per heavy atom. The fourth-order valence-corrected chi connectivity index (χ4v) is 2.67. The van der Waals surface area contributed by atoms with Crippen LogP contribution in [0.3, 0.4) is 0 Å². The normalized spacial score (nSPS) is 10.6. The van der Waals surface area contributed by atoms with Crippen molar-refractivity contribution in [2.75, 3.05) is 29.4 Å². The zero-order valence-corrected chi connectivity index (χ0v) is 14.7. The third-order valence-electron chi connectivity index (χ3n) is 3.71. The van der Waals surface area contributed by atoms with Crippen molar-refractivity contribution in [1.29, 1.82) is 0 Å². The fraction of sp³-hybridized carbons (Fsp3) is 0.500. The molecule has 5 nitrogen and oxygen atoms in total. The van der Waals surface area contributed by atoms with Gasteiger partial charge in [0.1, 0.15) is 0 Å². The lowest BCUT2D eigenvalue weighted by Crippen LogP contribution is -2.28. The van der Waals surface area contributed by atoms with E-state index in [0.29, 0.717) is 0 Å². The molecule has 0 aliphatic carbocycles. The molecule has 1 aromatic carbocycles. The molecule has 0 N–H and O–H groups in total. The van der Waals surface area contributed by atoms with Gasteiger partial charge < -0.3 is 9.80 Å². The lowest BCUT2D eigenvalue weighted by Gasteiger charge is -2.25. The zero-order valence-electron chi connectivity index (χ0n) is 14.7. The molecule has 0 aliphatic heterocycles. The summed E-state index contributed by atoms with van der Waals surface area (Å²) in [6.07, 6.45) is 3.89. The van der Waals surface area contributed by atoms with Crippen molar-refractivity contribution in [2.24, 2.45) is 0 Å². The molecule has 0 saturated heterocycles. The van der Waals surface area contributed by atoms with Gasteiger partial charge in [-0.1, -0.05) is 26.0 Å². The van der Waals surface area contributed by atoms with Gasteiger partial charge in [-0.3, -0.25) is 0 Å². The van der Waals surface area contributed by atoms with Crippen LogP contribution in [-0.4, -0.2) is 34.8 Å². The van der Waals surface area contributed by atoms with E-state index in [4.69, 9.17) is 4.98 Å². The molecular formula is C18H27N5. The summed E-state index contributed by atoms with van der Waals surface area (Å²) < 4.78 is 0. The summed E-state index contributed by atoms with van der Waals surface area (Å²) in [5.74, 6) is 1.57. The molecular weight excluding hydrogens is 286 g/mol. The van der Waals surface area contributed by atoms with Crippen molar-refractivity contribution in [2.45, 2.75) is 40.5 Å². The topological polar surface area (TPSA) is 45.2 Å². The predicted octanol–water partition coefficient (Wildman–Crippen LogP) is 3.96. The monoisotopic (exact) mass is 313 g/mol. The molecule has 0 bridgehead atoms. The molecule has 5 heteroatoms. The number of aryl methyl sites for hydroxylation is 1. The number of rotatable bonds is 8. The van der Waals surface area contributed by atoms with Gasteiger partial charge in [0.15, 0.2) is 5.82 Å². The van der Waals surface area contributed by atoms with Crippen molar-refractivity contribution < 1.29 is 0 Å².